The monoisotopic (exact) mass is 623 g/mol. The Morgan fingerprint density at radius 2 is 2.00 bits per heavy atom. The molecule has 2 radical (unpaired) electrons. The zero-order valence-electron chi connectivity index (χ0n) is 24.4. The molecule has 7 rings (SSSR count). The van der Waals surface area contributed by atoms with Gasteiger partial charge in [-0.2, -0.15) is 0 Å². The summed E-state index contributed by atoms with van der Waals surface area (Å²) >= 11 is 1.75. The molecule has 1 aromatic carbocycles. The van der Waals surface area contributed by atoms with Gasteiger partial charge in [0.2, 0.25) is 0 Å². The van der Waals surface area contributed by atoms with Crippen LogP contribution in [-0.4, -0.2) is 67.0 Å². The second kappa shape index (κ2) is 11.6. The SMILES string of the molecule is COC(=O)[Si]C1CCN(c2ccc(-c3cn4cc(C(=O)N5CCc6sccc6[C@H]5C)cc(-c5cccnc5)c4n3)c(F)c2)C1. The number of imidazole rings is 1. The van der Waals surface area contributed by atoms with Crippen LogP contribution in [0.1, 0.15) is 40.2 Å². The van der Waals surface area contributed by atoms with Crippen LogP contribution >= 0.6 is 11.3 Å². The highest BCUT2D eigenvalue weighted by atomic mass is 32.1. The predicted molar refractivity (Wildman–Crippen MR) is 170 cm³/mol. The minimum atomic E-state index is -0.377. The van der Waals surface area contributed by atoms with Crippen LogP contribution < -0.4 is 4.90 Å². The Kier molecular flexibility index (Phi) is 7.51. The van der Waals surface area contributed by atoms with Crippen LogP contribution in [0.25, 0.3) is 28.0 Å². The molecular formula is C33H30FN5O3SSi. The lowest BCUT2D eigenvalue weighted by Gasteiger charge is -2.33. The maximum atomic E-state index is 15.7. The third-order valence-corrected chi connectivity index (χ3v) is 10.9. The van der Waals surface area contributed by atoms with Crippen molar-refractivity contribution in [3.63, 3.8) is 0 Å². The summed E-state index contributed by atoms with van der Waals surface area (Å²) in [5.41, 5.74) is 5.60. The second-order valence-electron chi connectivity index (χ2n) is 11.2. The highest BCUT2D eigenvalue weighted by Crippen LogP contribution is 2.36. The molecule has 6 heterocycles. The molecule has 0 spiro atoms. The fourth-order valence-electron chi connectivity index (χ4n) is 6.28. The number of halogens is 1. The van der Waals surface area contributed by atoms with Gasteiger partial charge in [0, 0.05) is 71.7 Å². The van der Waals surface area contributed by atoms with E-state index in [-0.39, 0.29) is 38.4 Å². The summed E-state index contributed by atoms with van der Waals surface area (Å²) in [7, 11) is 1.50. The van der Waals surface area contributed by atoms with E-state index < -0.39 is 0 Å². The third kappa shape index (κ3) is 5.20. The molecule has 2 aliphatic heterocycles. The second-order valence-corrected chi connectivity index (χ2v) is 13.7. The van der Waals surface area contributed by atoms with Crippen LogP contribution in [0.5, 0.6) is 0 Å². The molecule has 1 fully saturated rings. The molecule has 1 saturated heterocycles. The van der Waals surface area contributed by atoms with Crippen molar-refractivity contribution in [1.82, 2.24) is 19.3 Å². The van der Waals surface area contributed by atoms with Gasteiger partial charge in [0.05, 0.1) is 24.4 Å². The van der Waals surface area contributed by atoms with Gasteiger partial charge in [0.15, 0.2) is 9.52 Å². The number of thiophene rings is 1. The number of ether oxygens (including phenoxy) is 1. The minimum Gasteiger partial charge on any atom is -0.474 e. The van der Waals surface area contributed by atoms with Crippen LogP contribution in [0.3, 0.4) is 0 Å². The van der Waals surface area contributed by atoms with Crippen LogP contribution in [0, 0.1) is 5.82 Å². The number of hydrogen-bond donors (Lipinski definition) is 0. The fourth-order valence-corrected chi connectivity index (χ4v) is 8.28. The number of rotatable bonds is 6. The number of carbonyl (C=O) groups is 2. The van der Waals surface area contributed by atoms with Crippen molar-refractivity contribution in [2.24, 2.45) is 0 Å². The lowest BCUT2D eigenvalue weighted by molar-refractivity contribution is 0.0679. The molecule has 2 aliphatic rings. The van der Waals surface area contributed by atoms with Crippen molar-refractivity contribution in [2.75, 3.05) is 31.6 Å². The summed E-state index contributed by atoms with van der Waals surface area (Å²) in [5, 5.41) is 2.09. The summed E-state index contributed by atoms with van der Waals surface area (Å²) in [6.07, 6.45) is 8.74. The Bertz CT molecular complexity index is 1880. The summed E-state index contributed by atoms with van der Waals surface area (Å²) < 4.78 is 22.3. The molecule has 5 aromatic rings. The predicted octanol–water partition coefficient (Wildman–Crippen LogP) is 6.49. The van der Waals surface area contributed by atoms with E-state index in [4.69, 9.17) is 9.72 Å². The summed E-state index contributed by atoms with van der Waals surface area (Å²) in [6, 6.07) is 12.9. The quantitative estimate of drug-likeness (QED) is 0.201. The number of aromatic nitrogens is 3. The van der Waals surface area contributed by atoms with Gasteiger partial charge in [-0.05, 0) is 72.6 Å². The van der Waals surface area contributed by atoms with E-state index in [1.54, 1.807) is 42.2 Å². The first-order chi connectivity index (χ1) is 21.4. The Hall–Kier alpha value is -4.35. The Morgan fingerprint density at radius 1 is 1.11 bits per heavy atom. The maximum absolute atomic E-state index is 15.7. The number of amides is 1. The van der Waals surface area contributed by atoms with E-state index in [1.165, 1.54) is 23.6 Å². The van der Waals surface area contributed by atoms with Crippen molar-refractivity contribution in [2.45, 2.75) is 31.3 Å². The third-order valence-electron chi connectivity index (χ3n) is 8.60. The van der Waals surface area contributed by atoms with Gasteiger partial charge in [0.25, 0.3) is 11.5 Å². The molecular weight excluding hydrogens is 594 g/mol. The number of carbonyl (C=O) groups excluding carboxylic acids is 2. The first-order valence-electron chi connectivity index (χ1n) is 14.6. The van der Waals surface area contributed by atoms with Gasteiger partial charge >= 0.3 is 0 Å². The molecule has 222 valence electrons. The molecule has 0 saturated carbocycles. The number of benzene rings is 1. The smallest absolute Gasteiger partial charge is 0.267 e. The molecule has 0 N–H and O–H groups in total. The zero-order chi connectivity index (χ0) is 30.4. The lowest BCUT2D eigenvalue weighted by Crippen LogP contribution is -2.38. The molecule has 1 amide bonds. The van der Waals surface area contributed by atoms with Crippen LogP contribution in [0.4, 0.5) is 14.9 Å². The van der Waals surface area contributed by atoms with Crippen LogP contribution in [0.15, 0.2) is 72.6 Å². The van der Waals surface area contributed by atoms with Crippen LogP contribution in [-0.2, 0) is 11.2 Å². The largest absolute Gasteiger partial charge is 0.474 e. The summed E-state index contributed by atoms with van der Waals surface area (Å²) in [4.78, 5) is 40.2. The van der Waals surface area contributed by atoms with Crippen molar-refractivity contribution < 1.29 is 18.7 Å². The fraction of sp³-hybridized carbons (Fsp3) is 0.273. The number of nitrogens with zero attached hydrogens (tertiary/aromatic N) is 5. The molecule has 0 aliphatic carbocycles. The van der Waals surface area contributed by atoms with Crippen molar-refractivity contribution in [1.29, 1.82) is 0 Å². The zero-order valence-corrected chi connectivity index (χ0v) is 26.2. The van der Waals surface area contributed by atoms with E-state index in [0.717, 1.165) is 36.2 Å². The number of anilines is 1. The van der Waals surface area contributed by atoms with E-state index in [2.05, 4.69) is 28.3 Å². The molecule has 0 bridgehead atoms. The first-order valence-corrected chi connectivity index (χ1v) is 16.5. The normalized spacial score (nSPS) is 18.1. The van der Waals surface area contributed by atoms with E-state index in [1.807, 2.05) is 33.6 Å². The van der Waals surface area contributed by atoms with Crippen molar-refractivity contribution in [3.05, 3.63) is 94.5 Å². The summed E-state index contributed by atoms with van der Waals surface area (Å²) in [6.45, 7) is 4.18. The molecule has 44 heavy (non-hydrogen) atoms. The number of fused-ring (bicyclic) bond motifs is 2. The Labute approximate surface area is 260 Å². The number of hydrogen-bond acceptors (Lipinski definition) is 7. The highest BCUT2D eigenvalue weighted by molar-refractivity contribution is 7.10. The average Bonchev–Trinajstić information content (AvgIpc) is 3.81. The average molecular weight is 624 g/mol. The summed E-state index contributed by atoms with van der Waals surface area (Å²) in [5.74, 6) is -0.429. The van der Waals surface area contributed by atoms with Gasteiger partial charge < -0.3 is 18.9 Å². The molecule has 4 aromatic heterocycles. The van der Waals surface area contributed by atoms with Gasteiger partial charge in [-0.15, -0.1) is 11.3 Å². The Morgan fingerprint density at radius 3 is 2.80 bits per heavy atom. The minimum absolute atomic E-state index is 0.0205. The topological polar surface area (TPSA) is 80.0 Å². The standard InChI is InChI=1S/C33H30FN5O3SSi/c1-20-25-9-13-43-30(25)8-12-39(20)32(40)22-14-27(21-4-3-10-35-16-21)31-36-29(19-38(31)17-22)26-6-5-23(15-28(26)34)37-11-7-24(18-37)44-33(41)42-2/h3-6,9-10,13-17,19-20,24H,7-8,11-12,18H2,1-2H3/t20-,24?/m1/s1. The van der Waals surface area contributed by atoms with Gasteiger partial charge in [-0.1, -0.05) is 6.07 Å². The van der Waals surface area contributed by atoms with E-state index >= 15 is 4.39 Å². The Balaban J connectivity index is 1.22. The number of methoxy groups -OCH3 is 1. The highest BCUT2D eigenvalue weighted by Gasteiger charge is 2.30. The van der Waals surface area contributed by atoms with Crippen LogP contribution in [0.2, 0.25) is 5.54 Å². The van der Waals surface area contributed by atoms with Crippen molar-refractivity contribution >= 4 is 43.7 Å². The molecule has 11 heteroatoms. The first kappa shape index (κ1) is 28.4. The maximum Gasteiger partial charge on any atom is 0.267 e. The lowest BCUT2D eigenvalue weighted by atomic mass is 10.00. The number of pyridine rings is 2. The van der Waals surface area contributed by atoms with Gasteiger partial charge in [0.1, 0.15) is 11.5 Å². The molecule has 2 atom stereocenters. The van der Waals surface area contributed by atoms with Gasteiger partial charge in [-0.3, -0.25) is 14.6 Å². The van der Waals surface area contributed by atoms with Gasteiger partial charge in [-0.25, -0.2) is 9.37 Å². The van der Waals surface area contributed by atoms with E-state index in [9.17, 15) is 9.59 Å². The van der Waals surface area contributed by atoms with Crippen molar-refractivity contribution in [3.8, 4) is 22.4 Å². The molecule has 8 nitrogen and oxygen atoms in total. The molecule has 1 unspecified atom stereocenters. The van der Waals surface area contributed by atoms with E-state index in [0.29, 0.717) is 35.6 Å².